The molecule has 0 fully saturated rings. The predicted molar refractivity (Wildman–Crippen MR) is 542 cm³/mol. The van der Waals surface area contributed by atoms with Gasteiger partial charge in [0.05, 0.1) is 48.9 Å². The fourth-order valence-corrected chi connectivity index (χ4v) is 28.6. The summed E-state index contributed by atoms with van der Waals surface area (Å²) in [6.07, 6.45) is 4.48. The highest BCUT2D eigenvalue weighted by Gasteiger charge is 2.52. The largest absolute Gasteiger partial charge is 0.308 e. The van der Waals surface area contributed by atoms with Crippen molar-refractivity contribution < 1.29 is 4.79 Å². The molecule has 2 aliphatic heterocycles. The summed E-state index contributed by atoms with van der Waals surface area (Å²) in [4.78, 5) is 17.1. The van der Waals surface area contributed by atoms with Crippen molar-refractivity contribution in [3.8, 4) is 66.8 Å². The van der Waals surface area contributed by atoms with E-state index >= 15 is 0 Å². The topological polar surface area (TPSA) is 23.6 Å². The Morgan fingerprint density at radius 1 is 0.234 bits per heavy atom. The third-order valence-electron chi connectivity index (χ3n) is 31.4. The number of carbonyl (C=O) groups is 1. The van der Waals surface area contributed by atoms with E-state index in [1.165, 1.54) is 245 Å². The minimum Gasteiger partial charge on any atom is -0.308 e. The average Bonchev–Trinajstić information content (AvgIpc) is 1.48. The molecule has 29 rings (SSSR count). The number of anilines is 6. The van der Waals surface area contributed by atoms with Crippen LogP contribution in [0.4, 0.5) is 34.1 Å². The van der Waals surface area contributed by atoms with Gasteiger partial charge in [-0.05, 0) is 241 Å². The maximum atomic E-state index is 11.9. The molecular formula is C122H87BrN2OS2. The maximum absolute atomic E-state index is 11.9. The molecule has 7 aliphatic carbocycles. The molecule has 128 heavy (non-hydrogen) atoms. The summed E-state index contributed by atoms with van der Waals surface area (Å²) in [7, 11) is 0. The van der Waals surface area contributed by atoms with E-state index < -0.39 is 5.41 Å². The number of thiophene rings is 2. The summed E-state index contributed by atoms with van der Waals surface area (Å²) in [5.41, 5.74) is 46.8. The van der Waals surface area contributed by atoms with Gasteiger partial charge in [-0.1, -0.05) is 350 Å². The lowest BCUT2D eigenvalue weighted by Crippen LogP contribution is -2.32. The first kappa shape index (κ1) is 74.9. The number of para-hydroxylation sites is 2. The summed E-state index contributed by atoms with van der Waals surface area (Å²) in [5.74, 6) is 0.149. The minimum absolute atomic E-state index is 0.0832. The second-order valence-corrected chi connectivity index (χ2v) is 41.9. The molecule has 2 aromatic heterocycles. The summed E-state index contributed by atoms with van der Waals surface area (Å²) in [6.45, 7) is 19.3. The third-order valence-corrected chi connectivity index (χ3v) is 34.6. The monoisotopic (exact) mass is 1740 g/mol. The van der Waals surface area contributed by atoms with E-state index in [9.17, 15) is 4.79 Å². The van der Waals surface area contributed by atoms with Crippen LogP contribution in [0.15, 0.2) is 338 Å². The number of benzene rings is 18. The quantitative estimate of drug-likeness (QED) is 0.176. The Bertz CT molecular complexity index is 8350. The molecule has 18 aromatic carbocycles. The van der Waals surface area contributed by atoms with Gasteiger partial charge in [0.25, 0.3) is 0 Å². The number of fused-ring (bicyclic) bond motifs is 29. The molecule has 0 unspecified atom stereocenters. The molecule has 0 saturated carbocycles. The molecule has 9 aliphatic rings. The van der Waals surface area contributed by atoms with Gasteiger partial charge in [0, 0.05) is 84.7 Å². The molecule has 1 spiro atoms. The molecule has 0 N–H and O–H groups in total. The smallest absolute Gasteiger partial charge is 0.194 e. The Kier molecular flexibility index (Phi) is 15.5. The van der Waals surface area contributed by atoms with Crippen molar-refractivity contribution in [2.24, 2.45) is 0 Å². The molecule has 0 radical (unpaired) electrons. The SMILES string of the molecule is CC1(C)c2ccccc2-c2cc3c(cc21)N(c1cccc2c1sc1c(-c4ccc5c6c(ccc(Br)c46)CC5)cccc12)c1ccccc1C3(C)C.CC1(C)c2ccccc2-c2cc3c(cc21)N(c1cccc2c1sc1c4c(ccc12)C1(c2ccccc2-c2ccccc21)c1ccc2c5c(ccc-4c15)CC2)c1ccccc1C3(C)C.O=C1c2ccccc2-c2ccccc21. The number of nitrogens with zero attached hydrogens (tertiary/aromatic N) is 2. The first-order valence-electron chi connectivity index (χ1n) is 45.4. The van der Waals surface area contributed by atoms with Crippen LogP contribution in [0.25, 0.3) is 129 Å². The van der Waals surface area contributed by atoms with Gasteiger partial charge in [0.15, 0.2) is 5.78 Å². The van der Waals surface area contributed by atoms with Crippen molar-refractivity contribution >= 4 is 140 Å². The molecular weight excluding hydrogens is 1650 g/mol. The van der Waals surface area contributed by atoms with E-state index in [0.29, 0.717) is 0 Å². The fraction of sp³-hybridized carbons (Fsp3) is 0.139. The van der Waals surface area contributed by atoms with E-state index in [0.717, 1.165) is 47.9 Å². The van der Waals surface area contributed by atoms with Gasteiger partial charge in [-0.2, -0.15) is 0 Å². The van der Waals surface area contributed by atoms with Gasteiger partial charge in [0.2, 0.25) is 0 Å². The van der Waals surface area contributed by atoms with E-state index in [-0.39, 0.29) is 27.4 Å². The highest BCUT2D eigenvalue weighted by Crippen LogP contribution is 2.67. The second kappa shape index (κ2) is 26.4. The van der Waals surface area contributed by atoms with Crippen LogP contribution in [0, 0.1) is 0 Å². The van der Waals surface area contributed by atoms with Gasteiger partial charge in [-0.3, -0.25) is 4.79 Å². The molecule has 6 heteroatoms. The second-order valence-electron chi connectivity index (χ2n) is 39.0. The number of hydrogen-bond acceptors (Lipinski definition) is 5. The van der Waals surface area contributed by atoms with Crippen molar-refractivity contribution in [1.82, 2.24) is 0 Å². The van der Waals surface area contributed by atoms with E-state index in [2.05, 4.69) is 366 Å². The first-order chi connectivity index (χ1) is 62.4. The zero-order valence-corrected chi connectivity index (χ0v) is 75.8. The van der Waals surface area contributed by atoms with Gasteiger partial charge < -0.3 is 9.80 Å². The maximum Gasteiger partial charge on any atom is 0.194 e. The third kappa shape index (κ3) is 9.75. The van der Waals surface area contributed by atoms with E-state index in [4.69, 9.17) is 0 Å². The normalized spacial score (nSPS) is 16.0. The number of ketones is 1. The number of rotatable bonds is 3. The van der Waals surface area contributed by atoms with Crippen LogP contribution in [0.2, 0.25) is 0 Å². The van der Waals surface area contributed by atoms with Gasteiger partial charge in [-0.15, -0.1) is 22.7 Å². The van der Waals surface area contributed by atoms with Crippen LogP contribution in [0.3, 0.4) is 0 Å². The fourth-order valence-electron chi connectivity index (χ4n) is 25.4. The van der Waals surface area contributed by atoms with Gasteiger partial charge >= 0.3 is 0 Å². The summed E-state index contributed by atoms with van der Waals surface area (Å²) >= 11 is 7.93. The lowest BCUT2D eigenvalue weighted by atomic mass is 9.61. The summed E-state index contributed by atoms with van der Waals surface area (Å²) in [5, 5.41) is 11.1. The van der Waals surface area contributed by atoms with Crippen molar-refractivity contribution in [3.63, 3.8) is 0 Å². The van der Waals surface area contributed by atoms with Gasteiger partial charge in [0.1, 0.15) is 0 Å². The predicted octanol–water partition coefficient (Wildman–Crippen LogP) is 33.1. The van der Waals surface area contributed by atoms with Crippen molar-refractivity contribution in [2.75, 3.05) is 9.80 Å². The highest BCUT2D eigenvalue weighted by atomic mass is 79.9. The molecule has 20 aromatic rings. The Balaban J connectivity index is 0.000000116. The minimum atomic E-state index is -0.427. The van der Waals surface area contributed by atoms with Crippen LogP contribution >= 0.6 is 38.6 Å². The Labute approximate surface area is 762 Å². The molecule has 3 nitrogen and oxygen atoms in total. The molecule has 4 heterocycles. The number of aryl methyl sites for hydroxylation is 4. The first-order valence-corrected chi connectivity index (χ1v) is 47.9. The Morgan fingerprint density at radius 3 is 1.10 bits per heavy atom. The van der Waals surface area contributed by atoms with Crippen LogP contribution < -0.4 is 9.80 Å². The van der Waals surface area contributed by atoms with E-state index in [1.807, 2.05) is 71.2 Å². The molecule has 0 amide bonds. The number of carbonyl (C=O) groups excluding carboxylic acids is 1. The molecule has 0 atom stereocenters. The van der Waals surface area contributed by atoms with Crippen molar-refractivity contribution in [2.45, 2.75) is 108 Å². The Hall–Kier alpha value is -13.3. The van der Waals surface area contributed by atoms with Crippen LogP contribution in [-0.4, -0.2) is 5.78 Å². The summed E-state index contributed by atoms with van der Waals surface area (Å²) in [6, 6.07) is 126. The van der Waals surface area contributed by atoms with Crippen LogP contribution in [0.5, 0.6) is 0 Å². The number of hydrogen-bond donors (Lipinski definition) is 0. The zero-order valence-electron chi connectivity index (χ0n) is 72.6. The van der Waals surface area contributed by atoms with Crippen LogP contribution in [0.1, 0.15) is 160 Å². The molecule has 0 bridgehead atoms. The lowest BCUT2D eigenvalue weighted by molar-refractivity contribution is 0.104. The van der Waals surface area contributed by atoms with Crippen LogP contribution in [-0.2, 0) is 52.8 Å². The molecule has 0 saturated heterocycles. The highest BCUT2D eigenvalue weighted by molar-refractivity contribution is 9.10. The van der Waals surface area contributed by atoms with E-state index in [1.54, 1.807) is 0 Å². The lowest BCUT2D eigenvalue weighted by Gasteiger charge is -2.43. The number of halogens is 1. The molecule has 610 valence electrons. The van der Waals surface area contributed by atoms with Gasteiger partial charge in [-0.25, -0.2) is 0 Å². The van der Waals surface area contributed by atoms with Crippen molar-refractivity contribution in [1.29, 1.82) is 0 Å². The zero-order chi connectivity index (χ0) is 85.7. The van der Waals surface area contributed by atoms with Crippen molar-refractivity contribution in [3.05, 3.63) is 438 Å². The standard InChI is InChI=1S/C61H43NS.C48H36BrNS.C13H8O/c1-59(2)43-18-8-5-16-38(43)42-32-50-53(33-49(42)59)62(51-22-12-11-21-46(51)60(50,3)4)52-23-13-17-39-40-29-31-48-56(58(40)63-57(39)52)41-28-26-34-24-25-35-27-30-47(55(41)54(34)35)61(48)44-19-9-6-14-36(44)37-15-7-10-20-45(37)61;1-47(2)35-15-6-5-11-29(35)34-25-38-42(26-37(34)47)50(40-17-8-7-16-36(40)48(38,3)4)41-18-10-14-33-32-13-9-12-31(45(32)51-46(33)41)30-23-21-27-19-20-28-22-24-39(49)44(30)43(27)28;14-13-11-7-3-1-5-9(11)10-6-2-4-8-12(10)13/h5-23,26-33H,24-25H2,1-4H3;5-18,21-26H,19-20H2,1-4H3;1-8H. The Morgan fingerprint density at radius 2 is 0.594 bits per heavy atom. The summed E-state index contributed by atoms with van der Waals surface area (Å²) < 4.78 is 6.58. The average molecular weight is 1740 g/mol.